The molecule has 0 bridgehead atoms. The summed E-state index contributed by atoms with van der Waals surface area (Å²) < 4.78 is 17.4. The van der Waals surface area contributed by atoms with E-state index in [2.05, 4.69) is 198 Å². The predicted molar refractivity (Wildman–Crippen MR) is 282 cm³/mol. The molecule has 12 aromatic carbocycles. The molecule has 0 saturated heterocycles. The number of halogens is 1. The number of para-hydroxylation sites is 3. The minimum Gasteiger partial charge on any atom is -0.310 e. The maximum atomic E-state index is 17.4. The van der Waals surface area contributed by atoms with Crippen molar-refractivity contribution in [1.29, 1.82) is 0 Å². The lowest BCUT2D eigenvalue weighted by Crippen LogP contribution is -2.13. The van der Waals surface area contributed by atoms with E-state index >= 15 is 4.39 Å². The van der Waals surface area contributed by atoms with Gasteiger partial charge in [-0.1, -0.05) is 194 Å². The van der Waals surface area contributed by atoms with Crippen molar-refractivity contribution in [2.75, 3.05) is 9.80 Å². The summed E-state index contributed by atoms with van der Waals surface area (Å²) in [5.74, 6) is -0.298. The fraction of sp³-hybridized carbons (Fsp3) is 0. The number of nitrogens with zero attached hydrogens (tertiary/aromatic N) is 2. The van der Waals surface area contributed by atoms with Gasteiger partial charge in [0, 0.05) is 33.9 Å². The third-order valence-electron chi connectivity index (χ3n) is 13.0. The first-order valence-corrected chi connectivity index (χ1v) is 22.8. The topological polar surface area (TPSA) is 6.48 Å². The zero-order valence-electron chi connectivity index (χ0n) is 36.6. The van der Waals surface area contributed by atoms with E-state index in [4.69, 9.17) is 0 Å². The highest BCUT2D eigenvalue weighted by atomic mass is 19.1. The first-order valence-electron chi connectivity index (χ1n) is 22.8. The lowest BCUT2D eigenvalue weighted by Gasteiger charge is -2.29. The molecule has 0 N–H and O–H groups in total. The maximum Gasteiger partial charge on any atom is 0.148 e. The van der Waals surface area contributed by atoms with Crippen LogP contribution in [-0.2, 0) is 0 Å². The Bertz CT molecular complexity index is 3720. The summed E-state index contributed by atoms with van der Waals surface area (Å²) >= 11 is 0. The number of hydrogen-bond donors (Lipinski definition) is 0. The second-order valence-electron chi connectivity index (χ2n) is 17.0. The van der Waals surface area contributed by atoms with E-state index in [1.165, 1.54) is 27.1 Å². The molecule has 0 fully saturated rings. The molecule has 0 atom stereocenters. The van der Waals surface area contributed by atoms with Crippen LogP contribution in [0.2, 0.25) is 0 Å². The molecule has 0 heterocycles. The molecule has 0 unspecified atom stereocenters. The first-order chi connectivity index (χ1) is 33.2. The van der Waals surface area contributed by atoms with Crippen molar-refractivity contribution in [1.82, 2.24) is 0 Å². The standard InChI is InChI=1S/C64H43FN2/c65-61-42-48(44-20-6-1-7-21-44)41-59(46-24-10-3-11-25-46)64(61)67(50-28-14-5-15-29-50)52-36-39-56-58-37-34-47-40-51(35-38-54(47)63(58)57-32-17-16-31-55(57)60(56)43-52)66(49-26-12-4-13-27-49)62-33-19-18-30-53(62)45-22-8-2-9-23-45/h1-43H. The van der Waals surface area contributed by atoms with E-state index in [1.54, 1.807) is 6.07 Å². The molecule has 12 rings (SSSR count). The Morgan fingerprint density at radius 1 is 0.269 bits per heavy atom. The van der Waals surface area contributed by atoms with Gasteiger partial charge in [-0.05, 0) is 132 Å². The van der Waals surface area contributed by atoms with Crippen LogP contribution in [0.15, 0.2) is 261 Å². The summed E-state index contributed by atoms with van der Waals surface area (Å²) in [7, 11) is 0. The second kappa shape index (κ2) is 17.0. The van der Waals surface area contributed by atoms with Gasteiger partial charge in [-0.25, -0.2) is 4.39 Å². The van der Waals surface area contributed by atoms with Crippen LogP contribution in [0.5, 0.6) is 0 Å². The molecular formula is C64H43FN2. The maximum absolute atomic E-state index is 17.4. The largest absolute Gasteiger partial charge is 0.310 e. The number of rotatable bonds is 9. The summed E-state index contributed by atoms with van der Waals surface area (Å²) in [6.45, 7) is 0. The predicted octanol–water partition coefficient (Wildman–Crippen LogP) is 18.4. The van der Waals surface area contributed by atoms with E-state index in [-0.39, 0.29) is 5.82 Å². The smallest absolute Gasteiger partial charge is 0.148 e. The number of benzene rings is 12. The molecule has 316 valence electrons. The van der Waals surface area contributed by atoms with Gasteiger partial charge in [-0.15, -0.1) is 0 Å². The zero-order chi connectivity index (χ0) is 44.7. The van der Waals surface area contributed by atoms with Gasteiger partial charge in [-0.2, -0.15) is 0 Å². The first kappa shape index (κ1) is 39.8. The van der Waals surface area contributed by atoms with Crippen LogP contribution in [0.4, 0.5) is 38.5 Å². The van der Waals surface area contributed by atoms with E-state index in [1.807, 2.05) is 66.7 Å². The summed E-state index contributed by atoms with van der Waals surface area (Å²) in [6, 6.07) is 90.8. The van der Waals surface area contributed by atoms with E-state index in [0.29, 0.717) is 5.69 Å². The van der Waals surface area contributed by atoms with Crippen LogP contribution in [0, 0.1) is 5.82 Å². The van der Waals surface area contributed by atoms with Gasteiger partial charge < -0.3 is 9.80 Å². The van der Waals surface area contributed by atoms with E-state index in [9.17, 15) is 0 Å². The summed E-state index contributed by atoms with van der Waals surface area (Å²) in [4.78, 5) is 4.45. The molecule has 0 radical (unpaired) electrons. The molecule has 0 aliphatic carbocycles. The number of fused-ring (bicyclic) bond motifs is 8. The molecule has 0 amide bonds. The lowest BCUT2D eigenvalue weighted by molar-refractivity contribution is 0.630. The van der Waals surface area contributed by atoms with Gasteiger partial charge in [0.05, 0.1) is 11.4 Å². The van der Waals surface area contributed by atoms with Crippen molar-refractivity contribution in [2.24, 2.45) is 0 Å². The van der Waals surface area contributed by atoms with Crippen molar-refractivity contribution in [3.8, 4) is 33.4 Å². The van der Waals surface area contributed by atoms with Gasteiger partial charge >= 0.3 is 0 Å². The third-order valence-corrected chi connectivity index (χ3v) is 13.0. The fourth-order valence-electron chi connectivity index (χ4n) is 10.0. The Kier molecular flexibility index (Phi) is 10.1. The van der Waals surface area contributed by atoms with Gasteiger partial charge in [0.15, 0.2) is 0 Å². The van der Waals surface area contributed by atoms with Gasteiger partial charge in [0.1, 0.15) is 5.82 Å². The Hall–Kier alpha value is -8.79. The van der Waals surface area contributed by atoms with Crippen LogP contribution in [-0.4, -0.2) is 0 Å². The monoisotopic (exact) mass is 858 g/mol. The molecule has 0 saturated carbocycles. The van der Waals surface area contributed by atoms with Gasteiger partial charge in [-0.3, -0.25) is 0 Å². The number of anilines is 6. The Labute approximate surface area is 389 Å². The van der Waals surface area contributed by atoms with Crippen LogP contribution in [0.25, 0.3) is 76.5 Å². The Morgan fingerprint density at radius 2 is 0.746 bits per heavy atom. The Balaban J connectivity index is 1.05. The van der Waals surface area contributed by atoms with Crippen LogP contribution >= 0.6 is 0 Å². The van der Waals surface area contributed by atoms with E-state index in [0.717, 1.165) is 77.8 Å². The quantitative estimate of drug-likeness (QED) is 0.133. The average molecular weight is 859 g/mol. The second-order valence-corrected chi connectivity index (χ2v) is 17.0. The molecule has 0 spiro atoms. The number of hydrogen-bond acceptors (Lipinski definition) is 2. The van der Waals surface area contributed by atoms with Gasteiger partial charge in [0.25, 0.3) is 0 Å². The van der Waals surface area contributed by atoms with Crippen molar-refractivity contribution in [3.63, 3.8) is 0 Å². The zero-order valence-corrected chi connectivity index (χ0v) is 36.6. The molecule has 3 heteroatoms. The summed E-state index contributed by atoms with van der Waals surface area (Å²) in [6.07, 6.45) is 0. The van der Waals surface area contributed by atoms with Crippen LogP contribution < -0.4 is 9.80 Å². The highest BCUT2D eigenvalue weighted by molar-refractivity contribution is 6.32. The molecular weight excluding hydrogens is 816 g/mol. The molecule has 0 aliphatic rings. The fourth-order valence-corrected chi connectivity index (χ4v) is 10.0. The molecule has 67 heavy (non-hydrogen) atoms. The lowest BCUT2D eigenvalue weighted by atomic mass is 9.90. The van der Waals surface area contributed by atoms with Crippen molar-refractivity contribution < 1.29 is 4.39 Å². The molecule has 2 nitrogen and oxygen atoms in total. The minimum atomic E-state index is -0.298. The SMILES string of the molecule is Fc1cc(-c2ccccc2)cc(-c2ccccc2)c1N(c1ccccc1)c1ccc2c(c1)c1ccccc1c1c3ccc(N(c4ccccc4)c4ccccc4-c4ccccc4)cc3ccc21. The molecule has 0 aliphatic heterocycles. The minimum absolute atomic E-state index is 0.298. The highest BCUT2D eigenvalue weighted by Crippen LogP contribution is 2.48. The highest BCUT2D eigenvalue weighted by Gasteiger charge is 2.24. The van der Waals surface area contributed by atoms with Crippen LogP contribution in [0.3, 0.4) is 0 Å². The Morgan fingerprint density at radius 3 is 1.42 bits per heavy atom. The van der Waals surface area contributed by atoms with Crippen LogP contribution in [0.1, 0.15) is 0 Å². The summed E-state index contributed by atoms with van der Waals surface area (Å²) in [5, 5.41) is 9.28. The normalized spacial score (nSPS) is 11.4. The summed E-state index contributed by atoms with van der Waals surface area (Å²) in [5.41, 5.74) is 11.4. The van der Waals surface area contributed by atoms with E-state index < -0.39 is 0 Å². The third kappa shape index (κ3) is 7.15. The molecule has 0 aromatic heterocycles. The average Bonchev–Trinajstić information content (AvgIpc) is 3.40. The van der Waals surface area contributed by atoms with Crippen molar-refractivity contribution >= 4 is 77.2 Å². The molecule has 12 aromatic rings. The van der Waals surface area contributed by atoms with Crippen molar-refractivity contribution in [3.05, 3.63) is 267 Å². The van der Waals surface area contributed by atoms with Gasteiger partial charge in [0.2, 0.25) is 0 Å². The van der Waals surface area contributed by atoms with Crippen molar-refractivity contribution in [2.45, 2.75) is 0 Å².